The van der Waals surface area contributed by atoms with Gasteiger partial charge in [0, 0.05) is 34.8 Å². The third kappa shape index (κ3) is 9.57. The zero-order chi connectivity index (χ0) is 29.9. The summed E-state index contributed by atoms with van der Waals surface area (Å²) in [5.74, 6) is 2.44. The van der Waals surface area contributed by atoms with E-state index in [-0.39, 0.29) is 35.5 Å². The second-order valence-corrected chi connectivity index (χ2v) is 13.8. The van der Waals surface area contributed by atoms with Gasteiger partial charge in [0.2, 0.25) is 17.7 Å². The van der Waals surface area contributed by atoms with Crippen molar-refractivity contribution in [2.24, 2.45) is 35.5 Å². The fourth-order valence-electron chi connectivity index (χ4n) is 7.94. The van der Waals surface area contributed by atoms with Gasteiger partial charge in [-0.25, -0.2) is 0 Å². The Labute approximate surface area is 254 Å². The van der Waals surface area contributed by atoms with E-state index in [1.54, 1.807) is 0 Å². The first kappa shape index (κ1) is 32.5. The Morgan fingerprint density at radius 3 is 0.929 bits per heavy atom. The third-order valence-corrected chi connectivity index (χ3v) is 10.5. The highest BCUT2D eigenvalue weighted by atomic mass is 16.2. The van der Waals surface area contributed by atoms with E-state index in [0.29, 0.717) is 17.1 Å². The van der Waals surface area contributed by atoms with E-state index in [4.69, 9.17) is 0 Å². The lowest BCUT2D eigenvalue weighted by Gasteiger charge is -2.28. The molecule has 0 atom stereocenters. The maximum absolute atomic E-state index is 13.3. The first-order chi connectivity index (χ1) is 20.4. The molecule has 0 aromatic heterocycles. The van der Waals surface area contributed by atoms with Crippen LogP contribution in [0, 0.1) is 35.5 Å². The highest BCUT2D eigenvalue weighted by Crippen LogP contribution is 2.36. The molecule has 6 heteroatoms. The molecule has 3 aliphatic rings. The quantitative estimate of drug-likeness (QED) is 0.231. The molecule has 0 heterocycles. The Hall–Kier alpha value is -2.37. The first-order valence-electron chi connectivity index (χ1n) is 17.5. The molecule has 42 heavy (non-hydrogen) atoms. The monoisotopic (exact) mass is 579 g/mol. The molecule has 0 spiro atoms. The van der Waals surface area contributed by atoms with E-state index in [1.165, 1.54) is 38.5 Å². The number of hydrogen-bond donors (Lipinski definition) is 3. The molecule has 0 unspecified atom stereocenters. The molecule has 6 nitrogen and oxygen atoms in total. The van der Waals surface area contributed by atoms with Crippen molar-refractivity contribution in [3.05, 3.63) is 18.2 Å². The Morgan fingerprint density at radius 2 is 0.714 bits per heavy atom. The topological polar surface area (TPSA) is 87.3 Å². The van der Waals surface area contributed by atoms with Gasteiger partial charge in [0.25, 0.3) is 0 Å². The number of hydrogen-bond acceptors (Lipinski definition) is 3. The minimum Gasteiger partial charge on any atom is -0.326 e. The van der Waals surface area contributed by atoms with Gasteiger partial charge in [-0.15, -0.1) is 0 Å². The second kappa shape index (κ2) is 16.5. The largest absolute Gasteiger partial charge is 0.326 e. The van der Waals surface area contributed by atoms with Gasteiger partial charge < -0.3 is 16.0 Å². The van der Waals surface area contributed by atoms with Crippen LogP contribution in [0.2, 0.25) is 0 Å². The Bertz CT molecular complexity index is 875. The minimum absolute atomic E-state index is 0.0194. The Kier molecular flexibility index (Phi) is 12.8. The van der Waals surface area contributed by atoms with Crippen molar-refractivity contribution in [2.45, 2.75) is 136 Å². The molecule has 0 radical (unpaired) electrons. The summed E-state index contributed by atoms with van der Waals surface area (Å²) in [5.41, 5.74) is 1.92. The molecule has 1 aromatic rings. The second-order valence-electron chi connectivity index (χ2n) is 13.8. The standard InChI is InChI=1S/C36H57N3O3/c1-4-7-25-10-16-28(17-11-25)34(40)37-31-22-32(38-35(41)29-18-12-26(8-5-2)13-19-29)24-33(23-31)39-36(42)30-20-14-27(9-6-3)15-21-30/h22-30H,4-21H2,1-3H3,(H,37,40)(H,38,41)(H,39,42). The van der Waals surface area contributed by atoms with Crippen LogP contribution in [0.1, 0.15) is 136 Å². The number of rotatable bonds is 12. The molecule has 3 aliphatic carbocycles. The molecular formula is C36H57N3O3. The van der Waals surface area contributed by atoms with Crippen molar-refractivity contribution in [3.8, 4) is 0 Å². The molecule has 1 aromatic carbocycles. The average Bonchev–Trinajstić information content (AvgIpc) is 2.98. The predicted molar refractivity (Wildman–Crippen MR) is 173 cm³/mol. The molecule has 3 saturated carbocycles. The van der Waals surface area contributed by atoms with Crippen LogP contribution < -0.4 is 16.0 Å². The van der Waals surface area contributed by atoms with E-state index in [9.17, 15) is 14.4 Å². The summed E-state index contributed by atoms with van der Waals surface area (Å²) < 4.78 is 0. The summed E-state index contributed by atoms with van der Waals surface area (Å²) in [6.07, 6.45) is 19.6. The van der Waals surface area contributed by atoms with Crippen LogP contribution in [0.4, 0.5) is 17.1 Å². The Balaban J connectivity index is 1.42. The van der Waals surface area contributed by atoms with Gasteiger partial charge in [-0.2, -0.15) is 0 Å². The van der Waals surface area contributed by atoms with Crippen molar-refractivity contribution >= 4 is 34.8 Å². The number of anilines is 3. The highest BCUT2D eigenvalue weighted by molar-refractivity contribution is 5.99. The van der Waals surface area contributed by atoms with Gasteiger partial charge in [-0.3, -0.25) is 14.4 Å². The van der Waals surface area contributed by atoms with Crippen molar-refractivity contribution < 1.29 is 14.4 Å². The normalized spacial score (nSPS) is 28.1. The maximum Gasteiger partial charge on any atom is 0.227 e. The van der Waals surface area contributed by atoms with Gasteiger partial charge in [-0.1, -0.05) is 59.3 Å². The van der Waals surface area contributed by atoms with Gasteiger partial charge in [0.15, 0.2) is 0 Å². The molecule has 3 N–H and O–H groups in total. The van der Waals surface area contributed by atoms with Gasteiger partial charge >= 0.3 is 0 Å². The molecule has 4 rings (SSSR count). The van der Waals surface area contributed by atoms with E-state index in [0.717, 1.165) is 94.8 Å². The van der Waals surface area contributed by atoms with Crippen LogP contribution in [-0.2, 0) is 14.4 Å². The van der Waals surface area contributed by atoms with Crippen LogP contribution in [0.5, 0.6) is 0 Å². The lowest BCUT2D eigenvalue weighted by molar-refractivity contribution is -0.121. The van der Waals surface area contributed by atoms with E-state index < -0.39 is 0 Å². The highest BCUT2D eigenvalue weighted by Gasteiger charge is 2.29. The summed E-state index contributed by atoms with van der Waals surface area (Å²) in [7, 11) is 0. The number of amides is 3. The fourth-order valence-corrected chi connectivity index (χ4v) is 7.94. The lowest BCUT2D eigenvalue weighted by Crippen LogP contribution is -2.29. The predicted octanol–water partition coefficient (Wildman–Crippen LogP) is 9.32. The summed E-state index contributed by atoms with van der Waals surface area (Å²) in [5, 5.41) is 9.43. The Morgan fingerprint density at radius 1 is 0.476 bits per heavy atom. The zero-order valence-corrected chi connectivity index (χ0v) is 26.6. The van der Waals surface area contributed by atoms with E-state index in [2.05, 4.69) is 36.7 Å². The van der Waals surface area contributed by atoms with Crippen molar-refractivity contribution in [3.63, 3.8) is 0 Å². The van der Waals surface area contributed by atoms with Crippen molar-refractivity contribution in [1.82, 2.24) is 0 Å². The molecular weight excluding hydrogens is 522 g/mol. The summed E-state index contributed by atoms with van der Waals surface area (Å²) in [6, 6.07) is 5.56. The van der Waals surface area contributed by atoms with Gasteiger partial charge in [0.1, 0.15) is 0 Å². The molecule has 0 aliphatic heterocycles. The van der Waals surface area contributed by atoms with Crippen LogP contribution in [-0.4, -0.2) is 17.7 Å². The van der Waals surface area contributed by atoms with Gasteiger partial charge in [-0.05, 0) is 113 Å². The number of carbonyl (C=O) groups is 3. The van der Waals surface area contributed by atoms with E-state index in [1.807, 2.05) is 18.2 Å². The minimum atomic E-state index is 0.0194. The fraction of sp³-hybridized carbons (Fsp3) is 0.750. The number of benzene rings is 1. The lowest BCUT2D eigenvalue weighted by atomic mass is 9.79. The number of carbonyl (C=O) groups excluding carboxylic acids is 3. The molecule has 3 fully saturated rings. The van der Waals surface area contributed by atoms with Crippen LogP contribution in [0.15, 0.2) is 18.2 Å². The average molecular weight is 580 g/mol. The molecule has 3 amide bonds. The summed E-state index contributed by atoms with van der Waals surface area (Å²) >= 11 is 0. The van der Waals surface area contributed by atoms with Crippen LogP contribution in [0.25, 0.3) is 0 Å². The summed E-state index contributed by atoms with van der Waals surface area (Å²) in [4.78, 5) is 39.8. The third-order valence-electron chi connectivity index (χ3n) is 10.5. The van der Waals surface area contributed by atoms with Gasteiger partial charge in [0.05, 0.1) is 0 Å². The maximum atomic E-state index is 13.3. The van der Waals surface area contributed by atoms with Crippen LogP contribution in [0.3, 0.4) is 0 Å². The molecule has 0 saturated heterocycles. The van der Waals surface area contributed by atoms with Crippen molar-refractivity contribution in [1.29, 1.82) is 0 Å². The molecule has 0 bridgehead atoms. The summed E-state index contributed by atoms with van der Waals surface area (Å²) in [6.45, 7) is 6.70. The van der Waals surface area contributed by atoms with E-state index >= 15 is 0 Å². The zero-order valence-electron chi connectivity index (χ0n) is 26.6. The SMILES string of the molecule is CCCC1CCC(C(=O)Nc2cc(NC(=O)C3CCC(CCC)CC3)cc(NC(=O)C3CCC(CCC)CC3)c2)CC1. The number of nitrogens with one attached hydrogen (secondary N) is 3. The molecule has 234 valence electrons. The first-order valence-corrected chi connectivity index (χ1v) is 17.5. The van der Waals surface area contributed by atoms with Crippen LogP contribution >= 0.6 is 0 Å². The smallest absolute Gasteiger partial charge is 0.227 e. The van der Waals surface area contributed by atoms with Crippen molar-refractivity contribution in [2.75, 3.05) is 16.0 Å².